The zero-order chi connectivity index (χ0) is 16.5. The minimum atomic E-state index is 0.170. The van der Waals surface area contributed by atoms with Crippen molar-refractivity contribution in [3.8, 4) is 23.0 Å². The van der Waals surface area contributed by atoms with Gasteiger partial charge in [0.15, 0.2) is 5.76 Å². The highest BCUT2D eigenvalue weighted by molar-refractivity contribution is 5.84. The Kier molecular flexibility index (Phi) is 3.42. The van der Waals surface area contributed by atoms with Gasteiger partial charge in [0.1, 0.15) is 11.4 Å². The summed E-state index contributed by atoms with van der Waals surface area (Å²) < 4.78 is 12.3. The van der Waals surface area contributed by atoms with E-state index >= 15 is 0 Å². The number of fused-ring (bicyclic) bond motifs is 1. The first kappa shape index (κ1) is 14.3. The van der Waals surface area contributed by atoms with Gasteiger partial charge in [-0.15, -0.1) is 0 Å². The van der Waals surface area contributed by atoms with Crippen LogP contribution in [0, 0.1) is 0 Å². The van der Waals surface area contributed by atoms with Crippen LogP contribution in [0.1, 0.15) is 5.69 Å². The van der Waals surface area contributed by atoms with Crippen molar-refractivity contribution in [2.24, 2.45) is 0 Å². The molecule has 0 atom stereocenters. The van der Waals surface area contributed by atoms with E-state index in [0.29, 0.717) is 23.4 Å². The molecule has 0 bridgehead atoms. The van der Waals surface area contributed by atoms with Crippen LogP contribution in [0.2, 0.25) is 0 Å². The van der Waals surface area contributed by atoms with Gasteiger partial charge in [-0.05, 0) is 24.3 Å². The first-order valence-corrected chi connectivity index (χ1v) is 7.47. The smallest absolute Gasteiger partial charge is 0.201 e. The Morgan fingerprint density at radius 2 is 2.12 bits per heavy atom. The first-order valence-electron chi connectivity index (χ1n) is 7.47. The van der Waals surface area contributed by atoms with E-state index in [1.807, 2.05) is 36.4 Å². The van der Waals surface area contributed by atoms with E-state index in [9.17, 15) is 5.11 Å². The number of aromatic hydroxyl groups is 1. The molecule has 120 valence electrons. The van der Waals surface area contributed by atoms with Crippen LogP contribution in [0.15, 0.2) is 59.4 Å². The average molecular weight is 321 g/mol. The van der Waals surface area contributed by atoms with Crippen LogP contribution in [0.25, 0.3) is 22.2 Å². The molecule has 3 aromatic heterocycles. The molecule has 4 rings (SSSR count). The Balaban J connectivity index is 1.63. The van der Waals surface area contributed by atoms with Crippen molar-refractivity contribution in [2.45, 2.75) is 6.54 Å². The van der Waals surface area contributed by atoms with Gasteiger partial charge < -0.3 is 18.9 Å². The molecular weight excluding hydrogens is 306 g/mol. The fourth-order valence-electron chi connectivity index (χ4n) is 2.67. The Labute approximate surface area is 137 Å². The van der Waals surface area contributed by atoms with Gasteiger partial charge in [-0.3, -0.25) is 4.98 Å². The van der Waals surface area contributed by atoms with Crippen molar-refractivity contribution < 1.29 is 14.4 Å². The molecule has 0 aliphatic heterocycles. The number of nitrogens with zero attached hydrogens (tertiary/aromatic N) is 3. The molecule has 6 nitrogen and oxygen atoms in total. The fraction of sp³-hybridized carbons (Fsp3) is 0.111. The van der Waals surface area contributed by atoms with Crippen molar-refractivity contribution >= 4 is 10.9 Å². The van der Waals surface area contributed by atoms with Gasteiger partial charge in [-0.1, -0.05) is 17.3 Å². The molecule has 1 N–H and O–H groups in total. The Morgan fingerprint density at radius 3 is 2.96 bits per heavy atom. The molecule has 0 radical (unpaired) electrons. The number of hydrogen-bond acceptors (Lipinski definition) is 5. The molecule has 0 aliphatic carbocycles. The van der Waals surface area contributed by atoms with E-state index in [4.69, 9.17) is 9.26 Å². The minimum Gasteiger partial charge on any atom is -0.497 e. The zero-order valence-electron chi connectivity index (χ0n) is 13.0. The van der Waals surface area contributed by atoms with E-state index in [1.54, 1.807) is 30.1 Å². The summed E-state index contributed by atoms with van der Waals surface area (Å²) in [6.45, 7) is 0.398. The summed E-state index contributed by atoms with van der Waals surface area (Å²) in [7, 11) is 1.62. The number of hydrogen-bond donors (Lipinski definition) is 1. The number of methoxy groups -OCH3 is 1. The van der Waals surface area contributed by atoms with Crippen LogP contribution in [0.4, 0.5) is 0 Å². The second-order valence-corrected chi connectivity index (χ2v) is 5.43. The molecule has 0 saturated carbocycles. The van der Waals surface area contributed by atoms with Gasteiger partial charge >= 0.3 is 0 Å². The molecular formula is C18H15N3O3. The van der Waals surface area contributed by atoms with Gasteiger partial charge in [-0.25, -0.2) is 0 Å². The third-order valence-corrected chi connectivity index (χ3v) is 3.88. The molecule has 0 spiro atoms. The normalized spacial score (nSPS) is 11.0. The van der Waals surface area contributed by atoms with E-state index < -0.39 is 0 Å². The molecule has 4 aromatic rings. The maximum absolute atomic E-state index is 10.3. The fourth-order valence-corrected chi connectivity index (χ4v) is 2.67. The topological polar surface area (TPSA) is 73.3 Å². The molecule has 24 heavy (non-hydrogen) atoms. The Morgan fingerprint density at radius 1 is 1.21 bits per heavy atom. The second-order valence-electron chi connectivity index (χ2n) is 5.43. The summed E-state index contributed by atoms with van der Waals surface area (Å²) in [5.74, 6) is 1.58. The largest absolute Gasteiger partial charge is 0.497 e. The summed E-state index contributed by atoms with van der Waals surface area (Å²) in [6, 6.07) is 13.1. The quantitative estimate of drug-likeness (QED) is 0.623. The van der Waals surface area contributed by atoms with Crippen LogP contribution in [-0.4, -0.2) is 26.9 Å². The number of ether oxygens (including phenoxy) is 1. The molecule has 0 amide bonds. The highest BCUT2D eigenvalue weighted by Gasteiger charge is 2.12. The molecule has 1 aromatic carbocycles. The van der Waals surface area contributed by atoms with E-state index in [-0.39, 0.29) is 5.88 Å². The van der Waals surface area contributed by atoms with Gasteiger partial charge in [0, 0.05) is 24.0 Å². The lowest BCUT2D eigenvalue weighted by Crippen LogP contribution is -1.97. The van der Waals surface area contributed by atoms with Gasteiger partial charge in [0.2, 0.25) is 5.88 Å². The van der Waals surface area contributed by atoms with Gasteiger partial charge in [0.25, 0.3) is 0 Å². The highest BCUT2D eigenvalue weighted by Crippen LogP contribution is 2.28. The standard InChI is InChI=1S/C18H15N3O3/c1-23-14-5-2-4-12(8-14)17-9-13(20-24-17)10-21-11-16-15(18(21)22)6-3-7-19-16/h2-9,11,22H,10H2,1H3. The summed E-state index contributed by atoms with van der Waals surface area (Å²) in [5, 5.41) is 15.1. The number of rotatable bonds is 4. The second kappa shape index (κ2) is 5.73. The minimum absolute atomic E-state index is 0.170. The lowest BCUT2D eigenvalue weighted by molar-refractivity contribution is 0.406. The van der Waals surface area contributed by atoms with Gasteiger partial charge in [0.05, 0.1) is 24.6 Å². The molecule has 3 heterocycles. The summed E-state index contributed by atoms with van der Waals surface area (Å²) >= 11 is 0. The van der Waals surface area contributed by atoms with Crippen LogP contribution < -0.4 is 4.74 Å². The third kappa shape index (κ3) is 2.48. The molecule has 0 aliphatic rings. The van der Waals surface area contributed by atoms with Crippen molar-refractivity contribution in [3.05, 3.63) is 60.6 Å². The predicted molar refractivity (Wildman–Crippen MR) is 89.0 cm³/mol. The van der Waals surface area contributed by atoms with E-state index in [1.165, 1.54) is 0 Å². The summed E-state index contributed by atoms with van der Waals surface area (Å²) in [4.78, 5) is 4.24. The average Bonchev–Trinajstić information content (AvgIpc) is 3.21. The monoisotopic (exact) mass is 321 g/mol. The maximum Gasteiger partial charge on any atom is 0.201 e. The molecule has 6 heteroatoms. The highest BCUT2D eigenvalue weighted by atomic mass is 16.5. The van der Waals surface area contributed by atoms with Crippen molar-refractivity contribution in [1.82, 2.24) is 14.7 Å². The predicted octanol–water partition coefficient (Wildman–Crippen LogP) is 3.45. The Bertz CT molecular complexity index is 1000. The van der Waals surface area contributed by atoms with E-state index in [2.05, 4.69) is 10.1 Å². The summed E-state index contributed by atoms with van der Waals surface area (Å²) in [5.41, 5.74) is 2.34. The SMILES string of the molecule is COc1cccc(-c2cc(Cn3cc4ncccc4c3O)no2)c1. The molecule has 0 saturated heterocycles. The van der Waals surface area contributed by atoms with Crippen LogP contribution in [0.3, 0.4) is 0 Å². The maximum atomic E-state index is 10.3. The molecule has 0 unspecified atom stereocenters. The van der Waals surface area contributed by atoms with Crippen molar-refractivity contribution in [3.63, 3.8) is 0 Å². The molecule has 0 fully saturated rings. The van der Waals surface area contributed by atoms with Crippen molar-refractivity contribution in [2.75, 3.05) is 7.11 Å². The lowest BCUT2D eigenvalue weighted by Gasteiger charge is -2.01. The third-order valence-electron chi connectivity index (χ3n) is 3.88. The van der Waals surface area contributed by atoms with Crippen molar-refractivity contribution in [1.29, 1.82) is 0 Å². The van der Waals surface area contributed by atoms with Crippen LogP contribution in [-0.2, 0) is 6.54 Å². The first-order chi connectivity index (χ1) is 11.7. The zero-order valence-corrected chi connectivity index (χ0v) is 13.0. The number of benzene rings is 1. The van der Waals surface area contributed by atoms with Crippen LogP contribution in [0.5, 0.6) is 11.6 Å². The summed E-state index contributed by atoms with van der Waals surface area (Å²) in [6.07, 6.45) is 3.49. The Hall–Kier alpha value is -3.28. The van der Waals surface area contributed by atoms with E-state index in [0.717, 1.165) is 16.8 Å². The van der Waals surface area contributed by atoms with Gasteiger partial charge in [-0.2, -0.15) is 0 Å². The number of pyridine rings is 1. The lowest BCUT2D eigenvalue weighted by atomic mass is 10.1. The number of aromatic nitrogens is 3. The van der Waals surface area contributed by atoms with Crippen LogP contribution >= 0.6 is 0 Å².